The van der Waals surface area contributed by atoms with Crippen LogP contribution in [-0.2, 0) is 0 Å². The van der Waals surface area contributed by atoms with Gasteiger partial charge in [-0.2, -0.15) is 0 Å². The summed E-state index contributed by atoms with van der Waals surface area (Å²) in [4.78, 5) is 0. The Bertz CT molecular complexity index is 513. The molecule has 0 spiro atoms. The van der Waals surface area contributed by atoms with Crippen molar-refractivity contribution < 1.29 is 5.11 Å². The maximum Gasteiger partial charge on any atom is 0.117 e. The topological polar surface area (TPSA) is 32.3 Å². The van der Waals surface area contributed by atoms with Gasteiger partial charge in [0.25, 0.3) is 0 Å². The third kappa shape index (κ3) is 3.01. The predicted octanol–water partition coefficient (Wildman–Crippen LogP) is 4.33. The molecule has 0 bridgehead atoms. The molecule has 0 aromatic heterocycles. The number of phenolic OH excluding ortho intramolecular Hbond substituents is 1. The molecule has 17 heavy (non-hydrogen) atoms. The highest BCUT2D eigenvalue weighted by Gasteiger charge is 2.08. The first-order valence-electron chi connectivity index (χ1n) is 5.47. The molecule has 3 heteroatoms. The molecular formula is C14H14BrNO. The molecule has 0 aliphatic carbocycles. The predicted molar refractivity (Wildman–Crippen MR) is 74.3 cm³/mol. The maximum atomic E-state index is 9.40. The van der Waals surface area contributed by atoms with Gasteiger partial charge in [-0.3, -0.25) is 0 Å². The largest absolute Gasteiger partial charge is 0.508 e. The van der Waals surface area contributed by atoms with Gasteiger partial charge in [-0.05, 0) is 30.7 Å². The van der Waals surface area contributed by atoms with Gasteiger partial charge >= 0.3 is 0 Å². The zero-order valence-electron chi connectivity index (χ0n) is 9.52. The van der Waals surface area contributed by atoms with E-state index >= 15 is 0 Å². The quantitative estimate of drug-likeness (QED) is 0.882. The Balaban J connectivity index is 2.17. The Hall–Kier alpha value is -1.48. The van der Waals surface area contributed by atoms with Crippen LogP contribution >= 0.6 is 15.9 Å². The van der Waals surface area contributed by atoms with E-state index in [1.807, 2.05) is 30.3 Å². The van der Waals surface area contributed by atoms with Crippen molar-refractivity contribution in [3.8, 4) is 5.75 Å². The second kappa shape index (κ2) is 5.23. The molecule has 2 rings (SSSR count). The zero-order valence-corrected chi connectivity index (χ0v) is 11.1. The molecule has 2 nitrogen and oxygen atoms in total. The molecule has 0 heterocycles. The summed E-state index contributed by atoms with van der Waals surface area (Å²) in [5.41, 5.74) is 2.10. The molecule has 0 aliphatic heterocycles. The minimum absolute atomic E-state index is 0.173. The van der Waals surface area contributed by atoms with E-state index in [-0.39, 0.29) is 11.8 Å². The van der Waals surface area contributed by atoms with Gasteiger partial charge in [0.15, 0.2) is 0 Å². The highest BCUT2D eigenvalue weighted by Crippen LogP contribution is 2.26. The van der Waals surface area contributed by atoms with Gasteiger partial charge in [0.2, 0.25) is 0 Å². The van der Waals surface area contributed by atoms with E-state index in [0.29, 0.717) is 0 Å². The molecule has 0 saturated heterocycles. The SMILES string of the molecule is CC(Nc1cccc(O)c1)c1ccccc1Br. The number of nitrogens with one attached hydrogen (secondary N) is 1. The van der Waals surface area contributed by atoms with Crippen molar-refractivity contribution >= 4 is 21.6 Å². The van der Waals surface area contributed by atoms with Crippen molar-refractivity contribution in [2.45, 2.75) is 13.0 Å². The number of hydrogen-bond acceptors (Lipinski definition) is 2. The Morgan fingerprint density at radius 1 is 1.12 bits per heavy atom. The van der Waals surface area contributed by atoms with Crippen LogP contribution in [0, 0.1) is 0 Å². The summed E-state index contributed by atoms with van der Waals surface area (Å²) in [5.74, 6) is 0.273. The lowest BCUT2D eigenvalue weighted by atomic mass is 10.1. The van der Waals surface area contributed by atoms with Gasteiger partial charge < -0.3 is 10.4 Å². The average molecular weight is 292 g/mol. The van der Waals surface area contributed by atoms with E-state index in [2.05, 4.69) is 34.2 Å². The minimum atomic E-state index is 0.173. The molecule has 2 N–H and O–H groups in total. The van der Waals surface area contributed by atoms with Crippen molar-refractivity contribution in [2.24, 2.45) is 0 Å². The lowest BCUT2D eigenvalue weighted by molar-refractivity contribution is 0.475. The highest BCUT2D eigenvalue weighted by atomic mass is 79.9. The number of phenols is 1. The zero-order chi connectivity index (χ0) is 12.3. The monoisotopic (exact) mass is 291 g/mol. The summed E-state index contributed by atoms with van der Waals surface area (Å²) in [6.07, 6.45) is 0. The van der Waals surface area contributed by atoms with E-state index in [1.54, 1.807) is 12.1 Å². The summed E-state index contributed by atoms with van der Waals surface area (Å²) < 4.78 is 1.08. The Morgan fingerprint density at radius 3 is 2.59 bits per heavy atom. The fourth-order valence-electron chi connectivity index (χ4n) is 1.75. The molecular weight excluding hydrogens is 278 g/mol. The number of halogens is 1. The van der Waals surface area contributed by atoms with E-state index in [0.717, 1.165) is 10.2 Å². The molecule has 1 unspecified atom stereocenters. The smallest absolute Gasteiger partial charge is 0.117 e. The first kappa shape index (κ1) is 12.0. The van der Waals surface area contributed by atoms with Crippen LogP contribution in [-0.4, -0.2) is 5.11 Å². The highest BCUT2D eigenvalue weighted by molar-refractivity contribution is 9.10. The normalized spacial score (nSPS) is 12.1. The van der Waals surface area contributed by atoms with Crippen LogP contribution in [0.2, 0.25) is 0 Å². The lowest BCUT2D eigenvalue weighted by Crippen LogP contribution is -2.06. The van der Waals surface area contributed by atoms with Gasteiger partial charge in [0.1, 0.15) is 5.75 Å². The summed E-state index contributed by atoms with van der Waals surface area (Å²) in [6.45, 7) is 2.09. The molecule has 88 valence electrons. The summed E-state index contributed by atoms with van der Waals surface area (Å²) in [7, 11) is 0. The van der Waals surface area contributed by atoms with E-state index in [1.165, 1.54) is 5.56 Å². The second-order valence-electron chi connectivity index (χ2n) is 3.94. The van der Waals surface area contributed by atoms with E-state index in [9.17, 15) is 5.11 Å². The van der Waals surface area contributed by atoms with Gasteiger partial charge in [-0.25, -0.2) is 0 Å². The first-order chi connectivity index (χ1) is 8.16. The van der Waals surface area contributed by atoms with Gasteiger partial charge in [-0.1, -0.05) is 40.2 Å². The molecule has 2 aromatic rings. The van der Waals surface area contributed by atoms with Crippen molar-refractivity contribution in [3.05, 3.63) is 58.6 Å². The van der Waals surface area contributed by atoms with Gasteiger partial charge in [-0.15, -0.1) is 0 Å². The molecule has 0 saturated carbocycles. The van der Waals surface area contributed by atoms with E-state index in [4.69, 9.17) is 0 Å². The molecule has 0 radical (unpaired) electrons. The molecule has 0 aliphatic rings. The Morgan fingerprint density at radius 2 is 1.88 bits per heavy atom. The Labute approximate surface area is 109 Å². The van der Waals surface area contributed by atoms with Crippen LogP contribution in [0.3, 0.4) is 0 Å². The van der Waals surface area contributed by atoms with Gasteiger partial charge in [0, 0.05) is 22.3 Å². The number of rotatable bonds is 3. The van der Waals surface area contributed by atoms with Crippen LogP contribution in [0.25, 0.3) is 0 Å². The van der Waals surface area contributed by atoms with Crippen molar-refractivity contribution in [1.29, 1.82) is 0 Å². The number of benzene rings is 2. The molecule has 1 atom stereocenters. The number of aromatic hydroxyl groups is 1. The standard InChI is InChI=1S/C14H14BrNO/c1-10(13-7-2-3-8-14(13)15)16-11-5-4-6-12(17)9-11/h2-10,16-17H,1H3. The third-order valence-electron chi connectivity index (χ3n) is 2.60. The van der Waals surface area contributed by atoms with Crippen molar-refractivity contribution in [1.82, 2.24) is 0 Å². The van der Waals surface area contributed by atoms with Gasteiger partial charge in [0.05, 0.1) is 0 Å². The third-order valence-corrected chi connectivity index (χ3v) is 3.32. The summed E-state index contributed by atoms with van der Waals surface area (Å²) >= 11 is 3.54. The summed E-state index contributed by atoms with van der Waals surface area (Å²) in [5, 5.41) is 12.8. The Kier molecular flexibility index (Phi) is 3.69. The van der Waals surface area contributed by atoms with Crippen LogP contribution in [0.15, 0.2) is 53.0 Å². The van der Waals surface area contributed by atoms with Crippen LogP contribution < -0.4 is 5.32 Å². The number of anilines is 1. The van der Waals surface area contributed by atoms with Crippen molar-refractivity contribution in [2.75, 3.05) is 5.32 Å². The lowest BCUT2D eigenvalue weighted by Gasteiger charge is -2.17. The minimum Gasteiger partial charge on any atom is -0.508 e. The maximum absolute atomic E-state index is 9.40. The average Bonchev–Trinajstić information content (AvgIpc) is 2.29. The first-order valence-corrected chi connectivity index (χ1v) is 6.26. The fraction of sp³-hybridized carbons (Fsp3) is 0.143. The molecule has 0 amide bonds. The van der Waals surface area contributed by atoms with Crippen LogP contribution in [0.5, 0.6) is 5.75 Å². The second-order valence-corrected chi connectivity index (χ2v) is 4.79. The summed E-state index contributed by atoms with van der Waals surface area (Å²) in [6, 6.07) is 15.4. The fourth-order valence-corrected chi connectivity index (χ4v) is 2.38. The molecule has 0 fully saturated rings. The van der Waals surface area contributed by atoms with E-state index < -0.39 is 0 Å². The number of hydrogen-bond donors (Lipinski definition) is 2. The van der Waals surface area contributed by atoms with Crippen LogP contribution in [0.4, 0.5) is 5.69 Å². The molecule has 2 aromatic carbocycles. The van der Waals surface area contributed by atoms with Crippen LogP contribution in [0.1, 0.15) is 18.5 Å². The van der Waals surface area contributed by atoms with Crippen molar-refractivity contribution in [3.63, 3.8) is 0 Å².